The van der Waals surface area contributed by atoms with E-state index in [0.717, 1.165) is 44.3 Å². The molecule has 0 atom stereocenters. The smallest absolute Gasteiger partial charge is 0.413 e. The number of hydrogen-bond donors (Lipinski definition) is 5. The Hall–Kier alpha value is -4.42. The zero-order valence-corrected chi connectivity index (χ0v) is 29.2. The summed E-state index contributed by atoms with van der Waals surface area (Å²) in [6, 6.07) is 15.1. The molecule has 4 aromatic rings. The molecule has 0 spiro atoms. The molecule has 1 aliphatic rings. The molecular weight excluding hydrogens is 630 g/mol. The number of ether oxygens (including phenoxy) is 2. The molecule has 12 heteroatoms. The SMILES string of the molecule is CC(C)(C)OC(=O)NC(=N)c1ccc2cc(C(=O)N[C@H]3CC[C@H](NC(=O)OC(C)(C)C)CC3)n(Cc3cccc4sc(CO)cc34)c2c1. The highest BCUT2D eigenvalue weighted by molar-refractivity contribution is 7.19. The summed E-state index contributed by atoms with van der Waals surface area (Å²) in [6.45, 7) is 11.1. The van der Waals surface area contributed by atoms with Crippen LogP contribution in [0.25, 0.3) is 21.0 Å². The number of aliphatic hydroxyl groups excluding tert-OH is 1. The average molecular weight is 676 g/mol. The number of thiophene rings is 1. The van der Waals surface area contributed by atoms with Crippen molar-refractivity contribution in [3.8, 4) is 0 Å². The zero-order chi connectivity index (χ0) is 34.8. The fourth-order valence-corrected chi connectivity index (χ4v) is 6.89. The molecule has 11 nitrogen and oxygen atoms in total. The number of aliphatic hydroxyl groups is 1. The van der Waals surface area contributed by atoms with E-state index in [9.17, 15) is 19.5 Å². The Morgan fingerprint density at radius 1 is 0.896 bits per heavy atom. The van der Waals surface area contributed by atoms with Gasteiger partial charge in [-0.3, -0.25) is 15.5 Å². The second-order valence-electron chi connectivity index (χ2n) is 14.3. The summed E-state index contributed by atoms with van der Waals surface area (Å²) in [7, 11) is 0. The van der Waals surface area contributed by atoms with E-state index in [1.165, 1.54) is 11.3 Å². The van der Waals surface area contributed by atoms with Gasteiger partial charge in [0.15, 0.2) is 0 Å². The van der Waals surface area contributed by atoms with Crippen molar-refractivity contribution in [2.24, 2.45) is 0 Å². The molecule has 0 unspecified atom stereocenters. The van der Waals surface area contributed by atoms with Crippen molar-refractivity contribution in [3.63, 3.8) is 0 Å². The van der Waals surface area contributed by atoms with Crippen LogP contribution >= 0.6 is 11.3 Å². The highest BCUT2D eigenvalue weighted by Gasteiger charge is 2.27. The van der Waals surface area contributed by atoms with Crippen LogP contribution in [-0.4, -0.2) is 56.9 Å². The van der Waals surface area contributed by atoms with Crippen LogP contribution in [0.3, 0.4) is 0 Å². The molecule has 48 heavy (non-hydrogen) atoms. The van der Waals surface area contributed by atoms with Crippen molar-refractivity contribution in [1.82, 2.24) is 20.5 Å². The maximum absolute atomic E-state index is 14.0. The number of amides is 3. The molecule has 1 saturated carbocycles. The fraction of sp³-hybridized carbons (Fsp3) is 0.444. The highest BCUT2D eigenvalue weighted by atomic mass is 32.1. The van der Waals surface area contributed by atoms with Gasteiger partial charge in [-0.25, -0.2) is 9.59 Å². The van der Waals surface area contributed by atoms with Crippen LogP contribution in [0.1, 0.15) is 93.7 Å². The normalized spacial score (nSPS) is 16.8. The summed E-state index contributed by atoms with van der Waals surface area (Å²) >= 11 is 1.53. The van der Waals surface area contributed by atoms with E-state index in [1.807, 2.05) is 61.7 Å². The van der Waals surface area contributed by atoms with Gasteiger partial charge in [0.1, 0.15) is 22.7 Å². The van der Waals surface area contributed by atoms with E-state index in [1.54, 1.807) is 32.9 Å². The number of nitrogens with zero attached hydrogens (tertiary/aromatic N) is 1. The van der Waals surface area contributed by atoms with E-state index in [4.69, 9.17) is 14.9 Å². The second kappa shape index (κ2) is 14.0. The Labute approximate surface area is 284 Å². The van der Waals surface area contributed by atoms with Crippen LogP contribution in [-0.2, 0) is 22.6 Å². The molecule has 0 saturated heterocycles. The molecular formula is C36H45N5O6S. The molecule has 256 valence electrons. The second-order valence-corrected chi connectivity index (χ2v) is 15.4. The van der Waals surface area contributed by atoms with Crippen molar-refractivity contribution < 1.29 is 29.0 Å². The van der Waals surface area contributed by atoms with E-state index in [0.29, 0.717) is 30.6 Å². The first-order valence-electron chi connectivity index (χ1n) is 16.2. The van der Waals surface area contributed by atoms with Crippen LogP contribution in [0.5, 0.6) is 0 Å². The predicted octanol–water partition coefficient (Wildman–Crippen LogP) is 6.81. The molecule has 2 heterocycles. The van der Waals surface area contributed by atoms with Crippen molar-refractivity contribution in [2.75, 3.05) is 0 Å². The van der Waals surface area contributed by atoms with Gasteiger partial charge in [0.05, 0.1) is 6.61 Å². The molecule has 2 aromatic carbocycles. The van der Waals surface area contributed by atoms with Crippen LogP contribution in [0.2, 0.25) is 0 Å². The standard InChI is InChI=1S/C36H45N5O6S/c1-35(2,3)46-33(44)39-25-14-12-24(13-15-25)38-32(43)29-16-21-10-11-22(31(37)40-34(45)47-36(4,5)6)17-28(21)41(29)19-23-8-7-9-30-27(23)18-26(20-42)48-30/h7-11,16-18,24-25,42H,12-15,19-20H2,1-6H3,(H,38,43)(H,39,44)(H2,37,40,45)/t24-,25-. The van der Waals surface area contributed by atoms with Gasteiger partial charge in [-0.2, -0.15) is 0 Å². The van der Waals surface area contributed by atoms with Gasteiger partial charge < -0.3 is 29.8 Å². The highest BCUT2D eigenvalue weighted by Crippen LogP contribution is 2.31. The lowest BCUT2D eigenvalue weighted by Crippen LogP contribution is -2.45. The molecule has 2 aromatic heterocycles. The molecule has 5 rings (SSSR count). The Kier molecular flexibility index (Phi) is 10.2. The molecule has 0 bridgehead atoms. The number of aromatic nitrogens is 1. The summed E-state index contributed by atoms with van der Waals surface area (Å²) in [5.41, 5.74) is 1.37. The number of nitrogens with one attached hydrogen (secondary N) is 4. The van der Waals surface area contributed by atoms with Crippen LogP contribution in [0, 0.1) is 5.41 Å². The first kappa shape index (κ1) is 34.9. The quantitative estimate of drug-likeness (QED) is 0.107. The Morgan fingerprint density at radius 3 is 2.19 bits per heavy atom. The fourth-order valence-electron chi connectivity index (χ4n) is 5.92. The molecule has 5 N–H and O–H groups in total. The van der Waals surface area contributed by atoms with Crippen molar-refractivity contribution in [1.29, 1.82) is 5.41 Å². The van der Waals surface area contributed by atoms with Crippen molar-refractivity contribution in [2.45, 2.75) is 104 Å². The number of hydrogen-bond acceptors (Lipinski definition) is 8. The number of benzene rings is 2. The summed E-state index contributed by atoms with van der Waals surface area (Å²) < 4.78 is 13.7. The number of carbonyl (C=O) groups excluding carboxylic acids is 3. The van der Waals surface area contributed by atoms with E-state index in [2.05, 4.69) is 16.0 Å². The van der Waals surface area contributed by atoms with Crippen LogP contribution in [0.4, 0.5) is 9.59 Å². The summed E-state index contributed by atoms with van der Waals surface area (Å²) in [6.07, 6.45) is 1.71. The zero-order valence-electron chi connectivity index (χ0n) is 28.4. The minimum Gasteiger partial charge on any atom is -0.444 e. The third-order valence-electron chi connectivity index (χ3n) is 8.02. The lowest BCUT2D eigenvalue weighted by molar-refractivity contribution is 0.0486. The van der Waals surface area contributed by atoms with E-state index in [-0.39, 0.29) is 30.4 Å². The number of rotatable bonds is 7. The Bertz CT molecular complexity index is 1840. The maximum atomic E-state index is 14.0. The van der Waals surface area contributed by atoms with Gasteiger partial charge in [0, 0.05) is 44.7 Å². The number of carbonyl (C=O) groups is 3. The Balaban J connectivity index is 1.40. The summed E-state index contributed by atoms with van der Waals surface area (Å²) in [5.74, 6) is -0.332. The number of fused-ring (bicyclic) bond motifs is 2. The van der Waals surface area contributed by atoms with Crippen molar-refractivity contribution in [3.05, 3.63) is 70.2 Å². The average Bonchev–Trinajstić information content (AvgIpc) is 3.58. The largest absolute Gasteiger partial charge is 0.444 e. The molecule has 0 radical (unpaired) electrons. The number of alkyl carbamates (subject to hydrolysis) is 2. The van der Waals surface area contributed by atoms with E-state index >= 15 is 0 Å². The third kappa shape index (κ3) is 8.73. The first-order chi connectivity index (χ1) is 22.6. The maximum Gasteiger partial charge on any atom is 0.413 e. The monoisotopic (exact) mass is 675 g/mol. The van der Waals surface area contributed by atoms with Gasteiger partial charge in [-0.05, 0) is 102 Å². The van der Waals surface area contributed by atoms with Crippen molar-refractivity contribution >= 4 is 56.3 Å². The van der Waals surface area contributed by atoms with Crippen LogP contribution in [0.15, 0.2) is 48.5 Å². The lowest BCUT2D eigenvalue weighted by atomic mass is 9.91. The molecule has 1 aliphatic carbocycles. The lowest BCUT2D eigenvalue weighted by Gasteiger charge is -2.30. The molecule has 3 amide bonds. The first-order valence-corrected chi connectivity index (χ1v) is 17.0. The summed E-state index contributed by atoms with van der Waals surface area (Å²) in [5, 5.41) is 28.8. The minimum absolute atomic E-state index is 0.0163. The van der Waals surface area contributed by atoms with Gasteiger partial charge in [0.25, 0.3) is 5.91 Å². The summed E-state index contributed by atoms with van der Waals surface area (Å²) in [4.78, 5) is 39.5. The Morgan fingerprint density at radius 2 is 1.54 bits per heavy atom. The van der Waals surface area contributed by atoms with Crippen LogP contribution < -0.4 is 16.0 Å². The topological polar surface area (TPSA) is 155 Å². The van der Waals surface area contributed by atoms with Gasteiger partial charge in [-0.1, -0.05) is 24.3 Å². The van der Waals surface area contributed by atoms with Gasteiger partial charge in [-0.15, -0.1) is 11.3 Å². The third-order valence-corrected chi connectivity index (χ3v) is 9.11. The van der Waals surface area contributed by atoms with E-state index < -0.39 is 23.4 Å². The predicted molar refractivity (Wildman–Crippen MR) is 188 cm³/mol. The molecule has 0 aliphatic heterocycles. The van der Waals surface area contributed by atoms with Gasteiger partial charge >= 0.3 is 12.2 Å². The molecule has 1 fully saturated rings. The number of amidine groups is 1. The minimum atomic E-state index is -0.720. The van der Waals surface area contributed by atoms with Gasteiger partial charge in [0.2, 0.25) is 0 Å².